The Balaban J connectivity index is 1.76. The van der Waals surface area contributed by atoms with Crippen molar-refractivity contribution < 1.29 is 13.2 Å². The third kappa shape index (κ3) is 4.12. The average molecular weight is 414 g/mol. The fourth-order valence-corrected chi connectivity index (χ4v) is 4.39. The van der Waals surface area contributed by atoms with E-state index in [2.05, 4.69) is 34.2 Å². The van der Waals surface area contributed by atoms with Crippen LogP contribution in [-0.4, -0.2) is 40.2 Å². The first-order valence-electron chi connectivity index (χ1n) is 10.2. The van der Waals surface area contributed by atoms with Crippen molar-refractivity contribution in [1.82, 2.24) is 20.1 Å². The molecular weight excluding hydrogens is 389 g/mol. The molecule has 0 spiro atoms. The van der Waals surface area contributed by atoms with Crippen molar-refractivity contribution in [2.45, 2.75) is 43.8 Å². The molecule has 3 aromatic rings. The van der Waals surface area contributed by atoms with Crippen LogP contribution in [0.3, 0.4) is 0 Å². The molecule has 0 unspecified atom stereocenters. The summed E-state index contributed by atoms with van der Waals surface area (Å²) < 4.78 is 39.8. The lowest BCUT2D eigenvalue weighted by molar-refractivity contribution is -0.137. The van der Waals surface area contributed by atoms with Gasteiger partial charge in [0.05, 0.1) is 5.56 Å². The number of benzene rings is 1. The molecule has 2 aromatic heterocycles. The SMILES string of the molecule is CN(C)C1CCC(c2[nH]nc(-c3cccc(C(F)(F)F)c3)c2-c2ccncc2)CC1. The van der Waals surface area contributed by atoms with Gasteiger partial charge in [0, 0.05) is 41.2 Å². The number of nitrogens with zero attached hydrogens (tertiary/aromatic N) is 3. The van der Waals surface area contributed by atoms with Crippen molar-refractivity contribution in [3.8, 4) is 22.4 Å². The van der Waals surface area contributed by atoms with Crippen LogP contribution in [0.2, 0.25) is 0 Å². The second kappa shape index (κ2) is 8.22. The summed E-state index contributed by atoms with van der Waals surface area (Å²) in [6.45, 7) is 0. The largest absolute Gasteiger partial charge is 0.416 e. The molecule has 4 rings (SSSR count). The Morgan fingerprint density at radius 3 is 2.30 bits per heavy atom. The monoisotopic (exact) mass is 414 g/mol. The van der Waals surface area contributed by atoms with Crippen LogP contribution in [0.15, 0.2) is 48.8 Å². The summed E-state index contributed by atoms with van der Waals surface area (Å²) in [5.74, 6) is 0.302. The summed E-state index contributed by atoms with van der Waals surface area (Å²) in [6.07, 6.45) is 3.22. The van der Waals surface area contributed by atoms with E-state index in [1.54, 1.807) is 18.5 Å². The van der Waals surface area contributed by atoms with Gasteiger partial charge >= 0.3 is 6.18 Å². The molecule has 4 nitrogen and oxygen atoms in total. The molecule has 1 saturated carbocycles. The van der Waals surface area contributed by atoms with Crippen molar-refractivity contribution in [3.05, 3.63) is 60.0 Å². The average Bonchev–Trinajstić information content (AvgIpc) is 3.19. The zero-order valence-corrected chi connectivity index (χ0v) is 17.1. The number of H-pyrrole nitrogens is 1. The third-order valence-corrected chi connectivity index (χ3v) is 6.06. The highest BCUT2D eigenvalue weighted by atomic mass is 19.4. The summed E-state index contributed by atoms with van der Waals surface area (Å²) in [5, 5.41) is 7.67. The van der Waals surface area contributed by atoms with Gasteiger partial charge in [0.25, 0.3) is 0 Å². The Morgan fingerprint density at radius 1 is 0.967 bits per heavy atom. The summed E-state index contributed by atoms with van der Waals surface area (Å²) in [5.41, 5.74) is 3.14. The number of alkyl halides is 3. The van der Waals surface area contributed by atoms with E-state index in [1.807, 2.05) is 12.1 Å². The van der Waals surface area contributed by atoms with Crippen molar-refractivity contribution in [2.75, 3.05) is 14.1 Å². The number of halogens is 3. The van der Waals surface area contributed by atoms with Crippen LogP contribution in [-0.2, 0) is 6.18 Å². The second-order valence-electron chi connectivity index (χ2n) is 8.14. The molecule has 0 saturated heterocycles. The van der Waals surface area contributed by atoms with E-state index in [0.717, 1.165) is 48.6 Å². The highest BCUT2D eigenvalue weighted by Gasteiger charge is 2.32. The number of hydrogen-bond donors (Lipinski definition) is 1. The van der Waals surface area contributed by atoms with Crippen molar-refractivity contribution >= 4 is 0 Å². The van der Waals surface area contributed by atoms with Gasteiger partial charge in [-0.1, -0.05) is 12.1 Å². The van der Waals surface area contributed by atoms with Gasteiger partial charge < -0.3 is 4.90 Å². The molecule has 2 heterocycles. The van der Waals surface area contributed by atoms with E-state index in [0.29, 0.717) is 23.2 Å². The number of aromatic amines is 1. The van der Waals surface area contributed by atoms with Crippen LogP contribution in [0.25, 0.3) is 22.4 Å². The predicted octanol–water partition coefficient (Wildman–Crippen LogP) is 5.75. The van der Waals surface area contributed by atoms with Crippen LogP contribution in [0.1, 0.15) is 42.9 Å². The van der Waals surface area contributed by atoms with E-state index in [9.17, 15) is 13.2 Å². The first-order valence-corrected chi connectivity index (χ1v) is 10.2. The molecule has 0 aliphatic heterocycles. The van der Waals surface area contributed by atoms with Gasteiger partial charge in [0.2, 0.25) is 0 Å². The predicted molar refractivity (Wildman–Crippen MR) is 111 cm³/mol. The highest BCUT2D eigenvalue weighted by molar-refractivity contribution is 5.83. The molecule has 1 aliphatic rings. The lowest BCUT2D eigenvalue weighted by atomic mass is 9.81. The zero-order chi connectivity index (χ0) is 21.3. The minimum absolute atomic E-state index is 0.302. The minimum atomic E-state index is -4.39. The lowest BCUT2D eigenvalue weighted by Crippen LogP contribution is -2.31. The van der Waals surface area contributed by atoms with Crippen molar-refractivity contribution in [2.24, 2.45) is 0 Å². The number of rotatable bonds is 4. The molecule has 0 bridgehead atoms. The zero-order valence-electron chi connectivity index (χ0n) is 17.1. The van der Waals surface area contributed by atoms with Crippen LogP contribution in [0, 0.1) is 0 Å². The van der Waals surface area contributed by atoms with Gasteiger partial charge in [-0.05, 0) is 69.6 Å². The van der Waals surface area contributed by atoms with Gasteiger partial charge in [-0.25, -0.2) is 0 Å². The molecule has 158 valence electrons. The maximum Gasteiger partial charge on any atom is 0.416 e. The summed E-state index contributed by atoms with van der Waals surface area (Å²) >= 11 is 0. The first-order chi connectivity index (χ1) is 14.3. The van der Waals surface area contributed by atoms with Gasteiger partial charge in [-0.15, -0.1) is 0 Å². The standard InChI is InChI=1S/C23H25F3N4/c1-30(2)19-8-6-16(7-9-19)21-20(15-10-12-27-13-11-15)22(29-28-21)17-4-3-5-18(14-17)23(24,25)26/h3-5,10-14,16,19H,6-9H2,1-2H3,(H,28,29). The second-order valence-corrected chi connectivity index (χ2v) is 8.14. The van der Waals surface area contributed by atoms with Crippen molar-refractivity contribution in [3.63, 3.8) is 0 Å². The Kier molecular flexibility index (Phi) is 5.64. The molecule has 0 radical (unpaired) electrons. The highest BCUT2D eigenvalue weighted by Crippen LogP contribution is 2.42. The Bertz CT molecular complexity index is 987. The molecule has 1 fully saturated rings. The topological polar surface area (TPSA) is 44.8 Å². The number of nitrogens with one attached hydrogen (secondary N) is 1. The Hall–Kier alpha value is -2.67. The van der Waals surface area contributed by atoms with E-state index in [1.165, 1.54) is 12.1 Å². The molecule has 7 heteroatoms. The van der Waals surface area contributed by atoms with E-state index < -0.39 is 11.7 Å². The summed E-state index contributed by atoms with van der Waals surface area (Å²) in [4.78, 5) is 6.36. The normalized spacial score (nSPS) is 19.9. The molecule has 0 atom stereocenters. The van der Waals surface area contributed by atoms with E-state index >= 15 is 0 Å². The quantitative estimate of drug-likeness (QED) is 0.592. The lowest BCUT2D eigenvalue weighted by Gasteiger charge is -2.32. The number of hydrogen-bond acceptors (Lipinski definition) is 3. The minimum Gasteiger partial charge on any atom is -0.306 e. The summed E-state index contributed by atoms with van der Waals surface area (Å²) in [7, 11) is 4.21. The third-order valence-electron chi connectivity index (χ3n) is 6.06. The smallest absolute Gasteiger partial charge is 0.306 e. The Labute approximate surface area is 174 Å². The maximum atomic E-state index is 13.3. The van der Waals surface area contributed by atoms with E-state index in [-0.39, 0.29) is 0 Å². The van der Waals surface area contributed by atoms with Crippen LogP contribution in [0.4, 0.5) is 13.2 Å². The first kappa shape index (κ1) is 20.6. The number of aromatic nitrogens is 3. The fourth-order valence-electron chi connectivity index (χ4n) is 4.39. The molecule has 30 heavy (non-hydrogen) atoms. The molecule has 1 N–H and O–H groups in total. The maximum absolute atomic E-state index is 13.3. The van der Waals surface area contributed by atoms with Crippen LogP contribution < -0.4 is 0 Å². The van der Waals surface area contributed by atoms with Crippen molar-refractivity contribution in [1.29, 1.82) is 0 Å². The number of pyridine rings is 1. The fraction of sp³-hybridized carbons (Fsp3) is 0.391. The molecular formula is C23H25F3N4. The Morgan fingerprint density at radius 2 is 1.67 bits per heavy atom. The summed E-state index contributed by atoms with van der Waals surface area (Å²) in [6, 6.07) is 9.72. The molecule has 1 aromatic carbocycles. The molecule has 1 aliphatic carbocycles. The van der Waals surface area contributed by atoms with E-state index in [4.69, 9.17) is 0 Å². The van der Waals surface area contributed by atoms with Gasteiger partial charge in [0.15, 0.2) is 0 Å². The molecule has 0 amide bonds. The van der Waals surface area contributed by atoms with Gasteiger partial charge in [-0.2, -0.15) is 18.3 Å². The van der Waals surface area contributed by atoms with Crippen LogP contribution >= 0.6 is 0 Å². The van der Waals surface area contributed by atoms with Crippen LogP contribution in [0.5, 0.6) is 0 Å². The van der Waals surface area contributed by atoms with Gasteiger partial charge in [0.1, 0.15) is 5.69 Å². The van der Waals surface area contributed by atoms with Gasteiger partial charge in [-0.3, -0.25) is 10.1 Å².